The van der Waals surface area contributed by atoms with Gasteiger partial charge in [0.2, 0.25) is 0 Å². The molecule has 0 aliphatic rings. The van der Waals surface area contributed by atoms with Crippen LogP contribution in [-0.2, 0) is 6.54 Å². The van der Waals surface area contributed by atoms with Gasteiger partial charge in [-0.1, -0.05) is 17.7 Å². The molecule has 1 aromatic heterocycles. The summed E-state index contributed by atoms with van der Waals surface area (Å²) in [5.74, 6) is 0.749. The van der Waals surface area contributed by atoms with Gasteiger partial charge in [-0.25, -0.2) is 4.98 Å². The Morgan fingerprint density at radius 1 is 1.50 bits per heavy atom. The van der Waals surface area contributed by atoms with E-state index in [1.807, 2.05) is 18.2 Å². The van der Waals surface area contributed by atoms with Crippen molar-refractivity contribution in [2.24, 2.45) is 0 Å². The molecule has 0 radical (unpaired) electrons. The zero-order valence-corrected chi connectivity index (χ0v) is 11.9. The summed E-state index contributed by atoms with van der Waals surface area (Å²) in [5, 5.41) is -0.0231. The molecular weight excluding hydrogens is 320 g/mol. The van der Waals surface area contributed by atoms with E-state index in [0.717, 1.165) is 15.8 Å². The van der Waals surface area contributed by atoms with Gasteiger partial charge in [-0.15, -0.1) is 0 Å². The molecular formula is C12H10BrClN2O2. The molecule has 1 aromatic carbocycles. The first-order valence-corrected chi connectivity index (χ1v) is 6.32. The van der Waals surface area contributed by atoms with Gasteiger partial charge in [0, 0.05) is 12.4 Å². The van der Waals surface area contributed by atoms with Crippen molar-refractivity contribution in [1.82, 2.24) is 9.55 Å². The van der Waals surface area contributed by atoms with Crippen molar-refractivity contribution >= 4 is 27.5 Å². The molecule has 0 N–H and O–H groups in total. The second-order valence-corrected chi connectivity index (χ2v) is 4.83. The van der Waals surface area contributed by atoms with Crippen LogP contribution in [0.4, 0.5) is 0 Å². The molecule has 0 amide bonds. The number of hydrogen-bond acceptors (Lipinski definition) is 3. The van der Waals surface area contributed by atoms with E-state index in [4.69, 9.17) is 16.3 Å². The van der Waals surface area contributed by atoms with Crippen LogP contribution < -0.4 is 10.3 Å². The van der Waals surface area contributed by atoms with Crippen molar-refractivity contribution < 1.29 is 4.74 Å². The molecule has 0 atom stereocenters. The number of ether oxygens (including phenoxy) is 1. The van der Waals surface area contributed by atoms with E-state index in [1.165, 1.54) is 10.8 Å². The predicted molar refractivity (Wildman–Crippen MR) is 73.3 cm³/mol. The molecule has 0 spiro atoms. The maximum absolute atomic E-state index is 11.7. The fourth-order valence-electron chi connectivity index (χ4n) is 1.55. The molecule has 4 nitrogen and oxygen atoms in total. The highest BCUT2D eigenvalue weighted by Crippen LogP contribution is 2.25. The minimum absolute atomic E-state index is 0.0231. The van der Waals surface area contributed by atoms with Crippen molar-refractivity contribution in [2.45, 2.75) is 6.54 Å². The Hall–Kier alpha value is -1.33. The summed E-state index contributed by atoms with van der Waals surface area (Å²) in [6.07, 6.45) is 3.11. The van der Waals surface area contributed by atoms with E-state index in [1.54, 1.807) is 13.3 Å². The second-order valence-electron chi connectivity index (χ2n) is 3.62. The molecule has 0 aliphatic heterocycles. The summed E-state index contributed by atoms with van der Waals surface area (Å²) in [4.78, 5) is 15.4. The molecule has 0 aliphatic carbocycles. The monoisotopic (exact) mass is 328 g/mol. The van der Waals surface area contributed by atoms with Crippen molar-refractivity contribution in [2.75, 3.05) is 7.11 Å². The van der Waals surface area contributed by atoms with Crippen LogP contribution in [0.2, 0.25) is 5.15 Å². The Labute approximate surface area is 117 Å². The number of rotatable bonds is 3. The molecule has 0 unspecified atom stereocenters. The SMILES string of the molecule is COc1ccc(Cn2ccnc(Cl)c2=O)cc1Br. The Morgan fingerprint density at radius 2 is 2.28 bits per heavy atom. The molecule has 6 heteroatoms. The Morgan fingerprint density at radius 3 is 2.94 bits per heavy atom. The van der Waals surface area contributed by atoms with Crippen LogP contribution in [0.15, 0.2) is 39.9 Å². The van der Waals surface area contributed by atoms with Gasteiger partial charge in [-0.05, 0) is 33.6 Å². The first kappa shape index (κ1) is 13.1. The van der Waals surface area contributed by atoms with E-state index in [9.17, 15) is 4.79 Å². The summed E-state index contributed by atoms with van der Waals surface area (Å²) < 4.78 is 7.49. The largest absolute Gasteiger partial charge is 0.496 e. The van der Waals surface area contributed by atoms with Crippen molar-refractivity contribution in [3.05, 3.63) is 56.1 Å². The Kier molecular flexibility index (Phi) is 4.04. The first-order valence-electron chi connectivity index (χ1n) is 5.15. The number of halogens is 2. The lowest BCUT2D eigenvalue weighted by atomic mass is 10.2. The molecule has 0 saturated heterocycles. The van der Waals surface area contributed by atoms with Gasteiger partial charge in [0.1, 0.15) is 5.75 Å². The topological polar surface area (TPSA) is 44.1 Å². The third-order valence-corrected chi connectivity index (χ3v) is 3.32. The summed E-state index contributed by atoms with van der Waals surface area (Å²) in [6.45, 7) is 0.434. The fourth-order valence-corrected chi connectivity index (χ4v) is 2.30. The third kappa shape index (κ3) is 2.73. The molecule has 1 heterocycles. The average Bonchev–Trinajstić information content (AvgIpc) is 2.35. The van der Waals surface area contributed by atoms with Gasteiger partial charge in [-0.2, -0.15) is 0 Å². The third-order valence-electron chi connectivity index (χ3n) is 2.44. The summed E-state index contributed by atoms with van der Waals surface area (Å²) in [7, 11) is 1.60. The van der Waals surface area contributed by atoms with Gasteiger partial charge in [-0.3, -0.25) is 4.79 Å². The zero-order valence-electron chi connectivity index (χ0n) is 9.56. The van der Waals surface area contributed by atoms with Crippen molar-refractivity contribution in [3.8, 4) is 5.75 Å². The lowest BCUT2D eigenvalue weighted by Crippen LogP contribution is -2.21. The molecule has 0 fully saturated rings. The van der Waals surface area contributed by atoms with Gasteiger partial charge in [0.05, 0.1) is 18.1 Å². The highest BCUT2D eigenvalue weighted by atomic mass is 79.9. The standard InChI is InChI=1S/C12H10BrClN2O2/c1-18-10-3-2-8(6-9(10)13)7-16-5-4-15-11(14)12(16)17/h2-6H,7H2,1H3. The number of methoxy groups -OCH3 is 1. The highest BCUT2D eigenvalue weighted by molar-refractivity contribution is 9.10. The fraction of sp³-hybridized carbons (Fsp3) is 0.167. The summed E-state index contributed by atoms with van der Waals surface area (Å²) in [6, 6.07) is 5.64. The second kappa shape index (κ2) is 5.54. The van der Waals surface area contributed by atoms with Crippen LogP contribution in [0.3, 0.4) is 0 Å². The van der Waals surface area contributed by atoms with Gasteiger partial charge in [0.25, 0.3) is 5.56 Å². The van der Waals surface area contributed by atoms with Crippen LogP contribution in [-0.4, -0.2) is 16.7 Å². The maximum Gasteiger partial charge on any atom is 0.288 e. The minimum Gasteiger partial charge on any atom is -0.496 e. The van der Waals surface area contributed by atoms with Crippen LogP contribution in [0, 0.1) is 0 Å². The lowest BCUT2D eigenvalue weighted by molar-refractivity contribution is 0.412. The van der Waals surface area contributed by atoms with Gasteiger partial charge in [0.15, 0.2) is 5.15 Å². The highest BCUT2D eigenvalue weighted by Gasteiger charge is 2.05. The van der Waals surface area contributed by atoms with Crippen molar-refractivity contribution in [1.29, 1.82) is 0 Å². The summed E-state index contributed by atoms with van der Waals surface area (Å²) >= 11 is 9.09. The van der Waals surface area contributed by atoms with E-state index >= 15 is 0 Å². The predicted octanol–water partition coefficient (Wildman–Crippen LogP) is 2.72. The zero-order chi connectivity index (χ0) is 13.1. The Bertz CT molecular complexity index is 628. The van der Waals surface area contributed by atoms with Crippen LogP contribution in [0.5, 0.6) is 5.75 Å². The normalized spacial score (nSPS) is 10.4. The number of hydrogen-bond donors (Lipinski definition) is 0. The van der Waals surface area contributed by atoms with Crippen LogP contribution in [0.25, 0.3) is 0 Å². The van der Waals surface area contributed by atoms with E-state index in [0.29, 0.717) is 6.54 Å². The van der Waals surface area contributed by atoms with E-state index in [2.05, 4.69) is 20.9 Å². The first-order chi connectivity index (χ1) is 8.61. The Balaban J connectivity index is 2.32. The van der Waals surface area contributed by atoms with E-state index < -0.39 is 0 Å². The molecule has 0 saturated carbocycles. The molecule has 18 heavy (non-hydrogen) atoms. The average molecular weight is 330 g/mol. The van der Waals surface area contributed by atoms with Crippen LogP contribution >= 0.6 is 27.5 Å². The molecule has 0 bridgehead atoms. The van der Waals surface area contributed by atoms with E-state index in [-0.39, 0.29) is 10.7 Å². The van der Waals surface area contributed by atoms with Gasteiger partial charge < -0.3 is 9.30 Å². The van der Waals surface area contributed by atoms with Crippen LogP contribution in [0.1, 0.15) is 5.56 Å². The lowest BCUT2D eigenvalue weighted by Gasteiger charge is -2.08. The van der Waals surface area contributed by atoms with Gasteiger partial charge >= 0.3 is 0 Å². The van der Waals surface area contributed by atoms with Crippen molar-refractivity contribution in [3.63, 3.8) is 0 Å². The minimum atomic E-state index is -0.300. The molecule has 94 valence electrons. The molecule has 2 aromatic rings. The number of aromatic nitrogens is 2. The maximum atomic E-state index is 11.7. The molecule has 2 rings (SSSR count). The number of benzene rings is 1. The smallest absolute Gasteiger partial charge is 0.288 e. The quantitative estimate of drug-likeness (QED) is 0.869. The summed E-state index contributed by atoms with van der Waals surface area (Å²) in [5.41, 5.74) is 0.665. The number of nitrogens with zero attached hydrogens (tertiary/aromatic N) is 2.